The van der Waals surface area contributed by atoms with Gasteiger partial charge in [0.05, 0.1) is 25.4 Å². The molecule has 1 amide bonds. The van der Waals surface area contributed by atoms with Gasteiger partial charge in [-0.2, -0.15) is 0 Å². The van der Waals surface area contributed by atoms with E-state index >= 15 is 0 Å². The Labute approximate surface area is 532 Å². The van der Waals surface area contributed by atoms with E-state index in [1.54, 1.807) is 6.08 Å². The van der Waals surface area contributed by atoms with Crippen molar-refractivity contribution in [1.29, 1.82) is 0 Å². The molecule has 0 saturated heterocycles. The molecule has 0 aromatic carbocycles. The zero-order valence-electron chi connectivity index (χ0n) is 57.9. The number of hydrogen-bond acceptors (Lipinski definition) is 5. The number of nitrogens with one attached hydrogen (secondary N) is 1. The van der Waals surface area contributed by atoms with Gasteiger partial charge >= 0.3 is 5.97 Å². The molecule has 0 fully saturated rings. The Morgan fingerprint density at radius 2 is 0.553 bits per heavy atom. The van der Waals surface area contributed by atoms with Crippen molar-refractivity contribution >= 4 is 11.9 Å². The molecule has 0 aliphatic carbocycles. The third-order valence-corrected chi connectivity index (χ3v) is 18.5. The topological polar surface area (TPSA) is 95.9 Å². The van der Waals surface area contributed by atoms with Crippen molar-refractivity contribution in [1.82, 2.24) is 5.32 Å². The van der Waals surface area contributed by atoms with Crippen molar-refractivity contribution in [3.63, 3.8) is 0 Å². The molecule has 0 radical (unpaired) electrons. The molecule has 0 aliphatic rings. The minimum atomic E-state index is -0.842. The highest BCUT2D eigenvalue weighted by atomic mass is 16.5. The molecule has 0 bridgehead atoms. The number of aliphatic hydroxyl groups is 2. The van der Waals surface area contributed by atoms with Crippen molar-refractivity contribution in [3.05, 3.63) is 24.3 Å². The van der Waals surface area contributed by atoms with E-state index in [2.05, 4.69) is 31.3 Å². The second kappa shape index (κ2) is 74.8. The molecule has 6 nitrogen and oxygen atoms in total. The highest BCUT2D eigenvalue weighted by Crippen LogP contribution is 2.20. The van der Waals surface area contributed by atoms with E-state index in [9.17, 15) is 19.8 Å². The second-order valence-corrected chi connectivity index (χ2v) is 27.0. The van der Waals surface area contributed by atoms with Crippen molar-refractivity contribution < 1.29 is 24.5 Å². The molecule has 85 heavy (non-hydrogen) atoms. The van der Waals surface area contributed by atoms with Gasteiger partial charge in [0.2, 0.25) is 5.91 Å². The Bertz CT molecular complexity index is 1330. The number of rotatable bonds is 74. The van der Waals surface area contributed by atoms with Gasteiger partial charge in [0, 0.05) is 12.8 Å². The van der Waals surface area contributed by atoms with Crippen LogP contribution in [0.15, 0.2) is 24.3 Å². The first-order chi connectivity index (χ1) is 42.0. The van der Waals surface area contributed by atoms with Crippen LogP contribution in [0.25, 0.3) is 0 Å². The number of aliphatic hydroxyl groups excluding tert-OH is 2. The van der Waals surface area contributed by atoms with Crippen LogP contribution in [0.3, 0.4) is 0 Å². The monoisotopic (exact) mass is 1200 g/mol. The summed E-state index contributed by atoms with van der Waals surface area (Å²) in [5.41, 5.74) is 0. The number of hydrogen-bond donors (Lipinski definition) is 3. The normalized spacial score (nSPS) is 12.6. The van der Waals surface area contributed by atoms with Gasteiger partial charge in [-0.25, -0.2) is 0 Å². The Morgan fingerprint density at radius 1 is 0.318 bits per heavy atom. The van der Waals surface area contributed by atoms with Crippen molar-refractivity contribution in [3.8, 4) is 0 Å². The molecular formula is C79H153NO5. The quantitative estimate of drug-likeness (QED) is 0.0320. The predicted molar refractivity (Wildman–Crippen MR) is 375 cm³/mol. The number of unbranched alkanes of at least 4 members (excludes halogenated alkanes) is 61. The van der Waals surface area contributed by atoms with Gasteiger partial charge < -0.3 is 20.3 Å². The van der Waals surface area contributed by atoms with E-state index in [0.29, 0.717) is 19.4 Å². The highest BCUT2D eigenvalue weighted by molar-refractivity contribution is 5.76. The fraction of sp³-hybridized carbons (Fsp3) is 0.924. The van der Waals surface area contributed by atoms with Crippen LogP contribution in [0, 0.1) is 0 Å². The van der Waals surface area contributed by atoms with Crippen LogP contribution in [0.2, 0.25) is 0 Å². The van der Waals surface area contributed by atoms with Crippen LogP contribution in [0.1, 0.15) is 444 Å². The average Bonchev–Trinajstić information content (AvgIpc) is 3.54. The summed E-state index contributed by atoms with van der Waals surface area (Å²) in [5, 5.41) is 23.2. The Morgan fingerprint density at radius 3 is 0.835 bits per heavy atom. The maximum absolute atomic E-state index is 12.5. The number of ether oxygens (including phenoxy) is 1. The molecule has 0 saturated carbocycles. The van der Waals surface area contributed by atoms with E-state index in [-0.39, 0.29) is 18.5 Å². The molecule has 0 spiro atoms. The molecule has 0 rings (SSSR count). The lowest BCUT2D eigenvalue weighted by Crippen LogP contribution is -2.45. The Kier molecular flexibility index (Phi) is 73.3. The van der Waals surface area contributed by atoms with E-state index in [0.717, 1.165) is 38.5 Å². The van der Waals surface area contributed by atoms with Gasteiger partial charge in [-0.05, 0) is 57.8 Å². The molecule has 2 atom stereocenters. The summed E-state index contributed by atoms with van der Waals surface area (Å²) in [4.78, 5) is 24.6. The summed E-state index contributed by atoms with van der Waals surface area (Å²) in [6, 6.07) is -0.625. The first kappa shape index (κ1) is 83.3. The van der Waals surface area contributed by atoms with Gasteiger partial charge in [0.15, 0.2) is 0 Å². The smallest absolute Gasteiger partial charge is 0.305 e. The Hall–Kier alpha value is -1.66. The molecule has 2 unspecified atom stereocenters. The third-order valence-electron chi connectivity index (χ3n) is 18.5. The number of allylic oxidation sites excluding steroid dienone is 3. The van der Waals surface area contributed by atoms with Crippen LogP contribution >= 0.6 is 0 Å². The predicted octanol–water partition coefficient (Wildman–Crippen LogP) is 25.7. The van der Waals surface area contributed by atoms with Crippen LogP contribution in [-0.2, 0) is 14.3 Å². The number of carbonyl (C=O) groups excluding carboxylic acids is 2. The molecule has 6 heteroatoms. The third kappa shape index (κ3) is 71.3. The number of esters is 1. The first-order valence-corrected chi connectivity index (χ1v) is 39.1. The summed E-state index contributed by atoms with van der Waals surface area (Å²) in [5.74, 6) is -0.0363. The average molecular weight is 1200 g/mol. The maximum Gasteiger partial charge on any atom is 0.305 e. The molecule has 0 aromatic rings. The van der Waals surface area contributed by atoms with Crippen molar-refractivity contribution in [2.45, 2.75) is 456 Å². The minimum absolute atomic E-state index is 0.0236. The molecule has 504 valence electrons. The number of carbonyl (C=O) groups is 2. The second-order valence-electron chi connectivity index (χ2n) is 27.0. The molecular weight excluding hydrogens is 1040 g/mol. The lowest BCUT2D eigenvalue weighted by molar-refractivity contribution is -0.143. The summed E-state index contributed by atoms with van der Waals surface area (Å²) in [6.45, 7) is 4.95. The Balaban J connectivity index is 3.34. The molecule has 0 aromatic heterocycles. The van der Waals surface area contributed by atoms with Gasteiger partial charge in [-0.15, -0.1) is 0 Å². The largest absolute Gasteiger partial charge is 0.466 e. The summed E-state index contributed by atoms with van der Waals surface area (Å²) in [7, 11) is 0. The van der Waals surface area contributed by atoms with Crippen LogP contribution < -0.4 is 5.32 Å². The SMILES string of the molecule is CCCCCCCCCCCCCCCCCC/C=C/C(O)C(CO)NC(=O)CCCCCCCCCCCCCCCCCCC/C=C\CCCCCCCCCCCCCCCCCCOC(=O)CCCCCCCCCCCCCCC. The van der Waals surface area contributed by atoms with E-state index in [1.165, 1.54) is 379 Å². The molecule has 0 heterocycles. The zero-order chi connectivity index (χ0) is 61.3. The van der Waals surface area contributed by atoms with Crippen molar-refractivity contribution in [2.24, 2.45) is 0 Å². The van der Waals surface area contributed by atoms with E-state index < -0.39 is 12.1 Å². The molecule has 3 N–H and O–H groups in total. The van der Waals surface area contributed by atoms with Crippen LogP contribution in [0.4, 0.5) is 0 Å². The van der Waals surface area contributed by atoms with Gasteiger partial charge in [0.25, 0.3) is 0 Å². The fourth-order valence-electron chi connectivity index (χ4n) is 12.5. The lowest BCUT2D eigenvalue weighted by atomic mass is 10.0. The summed E-state index contributed by atoms with van der Waals surface area (Å²) >= 11 is 0. The van der Waals surface area contributed by atoms with E-state index in [1.807, 2.05) is 6.08 Å². The lowest BCUT2D eigenvalue weighted by Gasteiger charge is -2.20. The summed E-state index contributed by atoms with van der Waals surface area (Å²) < 4.78 is 5.50. The summed E-state index contributed by atoms with van der Waals surface area (Å²) in [6.07, 6.45) is 95.9. The fourth-order valence-corrected chi connectivity index (χ4v) is 12.5. The number of amides is 1. The van der Waals surface area contributed by atoms with Crippen LogP contribution in [-0.4, -0.2) is 47.4 Å². The van der Waals surface area contributed by atoms with Gasteiger partial charge in [0.1, 0.15) is 0 Å². The van der Waals surface area contributed by atoms with Gasteiger partial charge in [-0.3, -0.25) is 9.59 Å². The maximum atomic E-state index is 12.5. The zero-order valence-corrected chi connectivity index (χ0v) is 57.9. The molecule has 0 aliphatic heterocycles. The van der Waals surface area contributed by atoms with Crippen LogP contribution in [0.5, 0.6) is 0 Å². The minimum Gasteiger partial charge on any atom is -0.466 e. The standard InChI is InChI=1S/C79H153NO5/c1-3-5-7-9-11-13-15-17-18-19-41-44-48-51-55-59-63-67-71-77(82)76(75-81)80-78(83)72-68-64-60-56-52-49-45-42-39-37-35-33-31-29-27-25-23-21-20-22-24-26-28-30-32-34-36-38-40-43-46-50-54-58-62-66-70-74-85-79(84)73-69-65-61-57-53-47-16-14-12-10-8-6-4-2/h20,22,67,71,76-77,81-82H,3-19,21,23-66,68-70,72-75H2,1-2H3,(H,80,83)/b22-20-,71-67+. The van der Waals surface area contributed by atoms with E-state index in [4.69, 9.17) is 4.74 Å². The van der Waals surface area contributed by atoms with Crippen molar-refractivity contribution in [2.75, 3.05) is 13.2 Å². The highest BCUT2D eigenvalue weighted by Gasteiger charge is 2.18. The van der Waals surface area contributed by atoms with Gasteiger partial charge in [-0.1, -0.05) is 398 Å². The first-order valence-electron chi connectivity index (χ1n) is 39.1.